The molecule has 0 aliphatic heterocycles. The average molecular weight is 305 g/mol. The van der Waals surface area contributed by atoms with Crippen LogP contribution in [0.15, 0.2) is 36.4 Å². The highest BCUT2D eigenvalue weighted by Crippen LogP contribution is 2.23. The summed E-state index contributed by atoms with van der Waals surface area (Å²) in [6, 6.07) is 10.9. The molecule has 0 fully saturated rings. The first-order chi connectivity index (χ1) is 9.97. The summed E-state index contributed by atoms with van der Waals surface area (Å²) in [7, 11) is 0. The van der Waals surface area contributed by atoms with Gasteiger partial charge in [0.25, 0.3) is 0 Å². The van der Waals surface area contributed by atoms with Crippen LogP contribution in [-0.2, 0) is 4.79 Å². The Labute approximate surface area is 129 Å². The van der Waals surface area contributed by atoms with Crippen LogP contribution in [0, 0.1) is 20.8 Å². The standard InChI is InChI=1S/C17H17ClO3/c1-11-5-4-6-12(2)17(11)20-10-16(19)21-14-7-8-15(18)13(3)9-14/h4-9H,10H2,1-3H3. The van der Waals surface area contributed by atoms with Gasteiger partial charge in [-0.25, -0.2) is 4.79 Å². The van der Waals surface area contributed by atoms with E-state index in [1.807, 2.05) is 39.0 Å². The number of aryl methyl sites for hydroxylation is 3. The summed E-state index contributed by atoms with van der Waals surface area (Å²) >= 11 is 5.93. The van der Waals surface area contributed by atoms with E-state index in [-0.39, 0.29) is 6.61 Å². The third-order valence-corrected chi connectivity index (χ3v) is 3.53. The van der Waals surface area contributed by atoms with Gasteiger partial charge < -0.3 is 9.47 Å². The summed E-state index contributed by atoms with van der Waals surface area (Å²) < 4.78 is 10.8. The fourth-order valence-electron chi connectivity index (χ4n) is 2.00. The van der Waals surface area contributed by atoms with Gasteiger partial charge in [0.15, 0.2) is 6.61 Å². The lowest BCUT2D eigenvalue weighted by atomic mass is 10.1. The molecule has 2 aromatic carbocycles. The maximum atomic E-state index is 11.8. The molecule has 110 valence electrons. The summed E-state index contributed by atoms with van der Waals surface area (Å²) in [5.74, 6) is 0.744. The van der Waals surface area contributed by atoms with Crippen molar-refractivity contribution in [3.8, 4) is 11.5 Å². The molecule has 0 atom stereocenters. The molecule has 2 rings (SSSR count). The van der Waals surface area contributed by atoms with Crippen molar-refractivity contribution < 1.29 is 14.3 Å². The van der Waals surface area contributed by atoms with Crippen LogP contribution in [0.1, 0.15) is 16.7 Å². The van der Waals surface area contributed by atoms with Crippen LogP contribution < -0.4 is 9.47 Å². The molecule has 0 aliphatic rings. The first-order valence-electron chi connectivity index (χ1n) is 6.63. The number of ether oxygens (including phenoxy) is 2. The van der Waals surface area contributed by atoms with Crippen molar-refractivity contribution >= 4 is 17.6 Å². The number of benzene rings is 2. The lowest BCUT2D eigenvalue weighted by molar-refractivity contribution is -0.136. The zero-order chi connectivity index (χ0) is 15.4. The highest BCUT2D eigenvalue weighted by Gasteiger charge is 2.10. The second-order valence-corrected chi connectivity index (χ2v) is 5.30. The zero-order valence-electron chi connectivity index (χ0n) is 12.3. The highest BCUT2D eigenvalue weighted by atomic mass is 35.5. The van der Waals surface area contributed by atoms with Gasteiger partial charge in [-0.1, -0.05) is 29.8 Å². The van der Waals surface area contributed by atoms with Gasteiger partial charge in [0, 0.05) is 5.02 Å². The minimum atomic E-state index is -0.445. The Morgan fingerprint density at radius 3 is 2.33 bits per heavy atom. The molecule has 21 heavy (non-hydrogen) atoms. The maximum Gasteiger partial charge on any atom is 0.349 e. The van der Waals surface area contributed by atoms with Crippen LogP contribution in [-0.4, -0.2) is 12.6 Å². The minimum Gasteiger partial charge on any atom is -0.481 e. The number of carbonyl (C=O) groups excluding carboxylic acids is 1. The quantitative estimate of drug-likeness (QED) is 0.626. The largest absolute Gasteiger partial charge is 0.481 e. The fraction of sp³-hybridized carbons (Fsp3) is 0.235. The van der Waals surface area contributed by atoms with Crippen molar-refractivity contribution in [3.63, 3.8) is 0 Å². The van der Waals surface area contributed by atoms with Gasteiger partial charge in [0.05, 0.1) is 0 Å². The number of hydrogen-bond donors (Lipinski definition) is 0. The smallest absolute Gasteiger partial charge is 0.349 e. The molecule has 0 saturated carbocycles. The molecule has 0 radical (unpaired) electrons. The molecule has 0 saturated heterocycles. The van der Waals surface area contributed by atoms with E-state index in [1.165, 1.54) is 0 Å². The highest BCUT2D eigenvalue weighted by molar-refractivity contribution is 6.31. The van der Waals surface area contributed by atoms with Crippen LogP contribution in [0.25, 0.3) is 0 Å². The molecule has 0 heterocycles. The lowest BCUT2D eigenvalue weighted by Crippen LogP contribution is -2.18. The SMILES string of the molecule is Cc1cc(OC(=O)COc2c(C)cccc2C)ccc1Cl. The molecule has 0 N–H and O–H groups in total. The zero-order valence-corrected chi connectivity index (χ0v) is 13.0. The summed E-state index contributed by atoms with van der Waals surface area (Å²) in [6.07, 6.45) is 0. The van der Waals surface area contributed by atoms with Crippen molar-refractivity contribution in [2.24, 2.45) is 0 Å². The number of rotatable bonds is 4. The van der Waals surface area contributed by atoms with Gasteiger partial charge in [0.1, 0.15) is 11.5 Å². The normalized spacial score (nSPS) is 10.3. The van der Waals surface area contributed by atoms with E-state index in [0.29, 0.717) is 10.8 Å². The van der Waals surface area contributed by atoms with E-state index in [4.69, 9.17) is 21.1 Å². The molecular formula is C17H17ClO3. The van der Waals surface area contributed by atoms with Crippen LogP contribution >= 0.6 is 11.6 Å². The minimum absolute atomic E-state index is 0.132. The van der Waals surface area contributed by atoms with E-state index in [0.717, 1.165) is 22.4 Å². The molecule has 3 nitrogen and oxygen atoms in total. The topological polar surface area (TPSA) is 35.5 Å². The molecule has 0 amide bonds. The second kappa shape index (κ2) is 6.64. The van der Waals surface area contributed by atoms with E-state index in [2.05, 4.69) is 0 Å². The summed E-state index contributed by atoms with van der Waals surface area (Å²) in [4.78, 5) is 11.8. The Hall–Kier alpha value is -2.00. The van der Waals surface area contributed by atoms with Crippen molar-refractivity contribution in [2.75, 3.05) is 6.61 Å². The fourth-order valence-corrected chi connectivity index (χ4v) is 2.12. The van der Waals surface area contributed by atoms with Crippen LogP contribution in [0.4, 0.5) is 0 Å². The Bertz CT molecular complexity index is 645. The van der Waals surface area contributed by atoms with Crippen molar-refractivity contribution in [1.29, 1.82) is 0 Å². The van der Waals surface area contributed by atoms with E-state index >= 15 is 0 Å². The van der Waals surface area contributed by atoms with Gasteiger partial charge in [0.2, 0.25) is 0 Å². The second-order valence-electron chi connectivity index (χ2n) is 4.89. The van der Waals surface area contributed by atoms with E-state index in [9.17, 15) is 4.79 Å². The van der Waals surface area contributed by atoms with Crippen molar-refractivity contribution in [2.45, 2.75) is 20.8 Å². The number of hydrogen-bond acceptors (Lipinski definition) is 3. The predicted molar refractivity (Wildman–Crippen MR) is 83.2 cm³/mol. The van der Waals surface area contributed by atoms with Gasteiger partial charge in [-0.2, -0.15) is 0 Å². The Morgan fingerprint density at radius 1 is 1.05 bits per heavy atom. The molecule has 4 heteroatoms. The average Bonchev–Trinajstić information content (AvgIpc) is 2.42. The Morgan fingerprint density at radius 2 is 1.71 bits per heavy atom. The number of esters is 1. The van der Waals surface area contributed by atoms with Gasteiger partial charge >= 0.3 is 5.97 Å². The number of para-hydroxylation sites is 1. The number of carbonyl (C=O) groups is 1. The monoisotopic (exact) mass is 304 g/mol. The first-order valence-corrected chi connectivity index (χ1v) is 7.01. The summed E-state index contributed by atoms with van der Waals surface area (Å²) in [5.41, 5.74) is 2.84. The van der Waals surface area contributed by atoms with Crippen molar-refractivity contribution in [3.05, 3.63) is 58.1 Å². The molecule has 0 aromatic heterocycles. The molecule has 0 spiro atoms. The number of halogens is 1. The maximum absolute atomic E-state index is 11.8. The third-order valence-electron chi connectivity index (χ3n) is 3.10. The Kier molecular flexibility index (Phi) is 4.86. The molecule has 0 bridgehead atoms. The summed E-state index contributed by atoms with van der Waals surface area (Å²) in [6.45, 7) is 5.60. The van der Waals surface area contributed by atoms with Crippen LogP contribution in [0.3, 0.4) is 0 Å². The van der Waals surface area contributed by atoms with Gasteiger partial charge in [-0.15, -0.1) is 0 Å². The molecule has 0 unspecified atom stereocenters. The van der Waals surface area contributed by atoms with Crippen LogP contribution in [0.5, 0.6) is 11.5 Å². The van der Waals surface area contributed by atoms with Gasteiger partial charge in [-0.05, 0) is 55.7 Å². The Balaban J connectivity index is 1.97. The summed E-state index contributed by atoms with van der Waals surface area (Å²) in [5, 5.41) is 0.640. The van der Waals surface area contributed by atoms with Crippen molar-refractivity contribution in [1.82, 2.24) is 0 Å². The first kappa shape index (κ1) is 15.4. The third kappa shape index (κ3) is 3.99. The van der Waals surface area contributed by atoms with Crippen LogP contribution in [0.2, 0.25) is 5.02 Å². The van der Waals surface area contributed by atoms with Gasteiger partial charge in [-0.3, -0.25) is 0 Å². The molecular weight excluding hydrogens is 288 g/mol. The van der Waals surface area contributed by atoms with E-state index < -0.39 is 5.97 Å². The lowest BCUT2D eigenvalue weighted by Gasteiger charge is -2.11. The molecule has 2 aromatic rings. The van der Waals surface area contributed by atoms with E-state index in [1.54, 1.807) is 18.2 Å². The predicted octanol–water partition coefficient (Wildman–Crippen LogP) is 4.25. The molecule has 0 aliphatic carbocycles.